The Morgan fingerprint density at radius 2 is 1.48 bits per heavy atom. The summed E-state index contributed by atoms with van der Waals surface area (Å²) in [6.45, 7) is 1.89. The summed E-state index contributed by atoms with van der Waals surface area (Å²) in [7, 11) is -3.99. The van der Waals surface area contributed by atoms with Gasteiger partial charge in [-0.3, -0.25) is 0 Å². The van der Waals surface area contributed by atoms with E-state index >= 15 is 0 Å². The summed E-state index contributed by atoms with van der Waals surface area (Å²) in [5, 5.41) is 12.3. The number of hydrogen-bond acceptors (Lipinski definition) is 5. The Hall–Kier alpha value is -5.06. The van der Waals surface area contributed by atoms with Crippen LogP contribution in [0, 0.1) is 18.8 Å². The van der Waals surface area contributed by atoms with E-state index in [-0.39, 0.29) is 21.8 Å². The molecule has 0 saturated heterocycles. The number of para-hydroxylation sites is 2. The Kier molecular flexibility index (Phi) is 6.25. The van der Waals surface area contributed by atoms with Crippen LogP contribution < -0.4 is 5.63 Å². The van der Waals surface area contributed by atoms with Crippen LogP contribution in [0.15, 0.2) is 123 Å². The van der Waals surface area contributed by atoms with Gasteiger partial charge in [0.15, 0.2) is 0 Å². The molecule has 0 aliphatic heterocycles. The molecule has 0 spiro atoms. The third-order valence-electron chi connectivity index (χ3n) is 6.84. The summed E-state index contributed by atoms with van der Waals surface area (Å²) in [5.41, 5.74) is 1.95. The van der Waals surface area contributed by atoms with Crippen LogP contribution >= 0.6 is 0 Å². The molecule has 6 aromatic rings. The van der Waals surface area contributed by atoms with Crippen molar-refractivity contribution in [3.8, 4) is 17.6 Å². The maximum atomic E-state index is 13.8. The fourth-order valence-electron chi connectivity index (χ4n) is 4.81. The molecule has 0 saturated carbocycles. The van der Waals surface area contributed by atoms with Gasteiger partial charge in [0.1, 0.15) is 11.3 Å². The average molecular weight is 546 g/mol. The van der Waals surface area contributed by atoms with E-state index < -0.39 is 21.6 Å². The number of fused-ring (bicyclic) bond motifs is 2. The highest BCUT2D eigenvalue weighted by Crippen LogP contribution is 2.38. The fraction of sp³-hybridized carbons (Fsp3) is 0.0606. The predicted octanol–water partition coefficient (Wildman–Crippen LogP) is 6.18. The Bertz CT molecular complexity index is 2110. The maximum absolute atomic E-state index is 13.8. The lowest BCUT2D eigenvalue weighted by molar-refractivity contribution is 0.456. The van der Waals surface area contributed by atoms with E-state index in [1.807, 2.05) is 37.3 Å². The van der Waals surface area contributed by atoms with Gasteiger partial charge in [-0.05, 0) is 55.0 Å². The van der Waals surface area contributed by atoms with Gasteiger partial charge in [0.2, 0.25) is 0 Å². The highest BCUT2D eigenvalue weighted by Gasteiger charge is 2.29. The molecule has 6 rings (SSSR count). The molecule has 4 aromatic carbocycles. The fourth-order valence-corrected chi connectivity index (χ4v) is 6.19. The first-order chi connectivity index (χ1) is 19.3. The molecule has 40 heavy (non-hydrogen) atoms. The van der Waals surface area contributed by atoms with E-state index in [0.29, 0.717) is 27.4 Å². The van der Waals surface area contributed by atoms with Crippen molar-refractivity contribution < 1.29 is 17.9 Å². The van der Waals surface area contributed by atoms with Gasteiger partial charge >= 0.3 is 5.63 Å². The summed E-state index contributed by atoms with van der Waals surface area (Å²) in [6, 6.07) is 29.6. The highest BCUT2D eigenvalue weighted by atomic mass is 32.2. The molecule has 2 aromatic heterocycles. The number of aromatic hydroxyl groups is 1. The van der Waals surface area contributed by atoms with Gasteiger partial charge in [0.05, 0.1) is 27.3 Å². The Labute approximate surface area is 230 Å². The lowest BCUT2D eigenvalue weighted by atomic mass is 9.90. The Morgan fingerprint density at radius 1 is 0.825 bits per heavy atom. The molecule has 7 heteroatoms. The quantitative estimate of drug-likeness (QED) is 0.211. The molecule has 196 valence electrons. The minimum Gasteiger partial charge on any atom is -0.507 e. The van der Waals surface area contributed by atoms with E-state index in [2.05, 4.69) is 11.8 Å². The highest BCUT2D eigenvalue weighted by molar-refractivity contribution is 7.90. The van der Waals surface area contributed by atoms with E-state index in [0.717, 1.165) is 5.56 Å². The van der Waals surface area contributed by atoms with Gasteiger partial charge in [-0.2, -0.15) is 0 Å². The lowest BCUT2D eigenvalue weighted by Gasteiger charge is -2.13. The van der Waals surface area contributed by atoms with Gasteiger partial charge < -0.3 is 9.52 Å². The predicted molar refractivity (Wildman–Crippen MR) is 155 cm³/mol. The molecule has 0 bridgehead atoms. The Morgan fingerprint density at radius 3 is 2.23 bits per heavy atom. The summed E-state index contributed by atoms with van der Waals surface area (Å²) in [5.74, 6) is 4.98. The number of aromatic nitrogens is 1. The van der Waals surface area contributed by atoms with Crippen molar-refractivity contribution in [2.24, 2.45) is 0 Å². The first kappa shape index (κ1) is 25.2. The van der Waals surface area contributed by atoms with Crippen molar-refractivity contribution in [1.82, 2.24) is 3.97 Å². The minimum absolute atomic E-state index is 0.0576. The lowest BCUT2D eigenvalue weighted by Crippen LogP contribution is -2.14. The van der Waals surface area contributed by atoms with Crippen molar-refractivity contribution in [1.29, 1.82) is 0 Å². The van der Waals surface area contributed by atoms with Crippen LogP contribution in [0.2, 0.25) is 0 Å². The van der Waals surface area contributed by atoms with Gasteiger partial charge in [0.25, 0.3) is 10.0 Å². The van der Waals surface area contributed by atoms with Crippen molar-refractivity contribution in [3.63, 3.8) is 0 Å². The van der Waals surface area contributed by atoms with Crippen LogP contribution in [0.4, 0.5) is 0 Å². The molecule has 1 unspecified atom stereocenters. The van der Waals surface area contributed by atoms with Crippen molar-refractivity contribution in [2.45, 2.75) is 17.7 Å². The molecular weight excluding hydrogens is 522 g/mol. The molecule has 6 nitrogen and oxygen atoms in total. The molecule has 0 aliphatic rings. The smallest absolute Gasteiger partial charge is 0.344 e. The molecule has 2 heterocycles. The molecule has 1 atom stereocenters. The summed E-state index contributed by atoms with van der Waals surface area (Å²) in [4.78, 5) is 13.5. The number of rotatable bonds is 4. The van der Waals surface area contributed by atoms with E-state index in [1.165, 1.54) is 10.2 Å². The molecular formula is C33H23NO5S. The Balaban J connectivity index is 1.64. The zero-order valence-electron chi connectivity index (χ0n) is 21.4. The standard InChI is InChI=1S/C33H23NO5S/c1-22-15-18-24(19-16-22)40(37,38)34-21-28(25-11-5-7-13-29(25)34)26(20-17-23-9-3-2-4-10-23)31-32(35)27-12-6-8-14-30(27)39-33(31)36/h2-16,18-19,21,26,35H,1H3. The van der Waals surface area contributed by atoms with Crippen molar-refractivity contribution >= 4 is 31.9 Å². The van der Waals surface area contributed by atoms with Crippen LogP contribution in [-0.2, 0) is 10.0 Å². The second-order valence-corrected chi connectivity index (χ2v) is 11.2. The largest absolute Gasteiger partial charge is 0.507 e. The van der Waals surface area contributed by atoms with E-state index in [9.17, 15) is 18.3 Å². The topological polar surface area (TPSA) is 89.5 Å². The second-order valence-electron chi connectivity index (χ2n) is 9.43. The van der Waals surface area contributed by atoms with Crippen molar-refractivity contribution in [2.75, 3.05) is 0 Å². The molecule has 1 N–H and O–H groups in total. The van der Waals surface area contributed by atoms with Gasteiger partial charge in [-0.25, -0.2) is 17.2 Å². The number of benzene rings is 4. The molecule has 0 amide bonds. The third-order valence-corrected chi connectivity index (χ3v) is 8.53. The summed E-state index contributed by atoms with van der Waals surface area (Å²) >= 11 is 0. The minimum atomic E-state index is -3.99. The van der Waals surface area contributed by atoms with Gasteiger partial charge in [-0.1, -0.05) is 78.1 Å². The van der Waals surface area contributed by atoms with Crippen LogP contribution in [0.25, 0.3) is 21.9 Å². The molecule has 0 fully saturated rings. The normalized spacial score (nSPS) is 12.2. The average Bonchev–Trinajstić information content (AvgIpc) is 3.36. The number of nitrogens with zero attached hydrogens (tertiary/aromatic N) is 1. The first-order valence-electron chi connectivity index (χ1n) is 12.6. The number of hydrogen-bond donors (Lipinski definition) is 1. The summed E-state index contributed by atoms with van der Waals surface area (Å²) < 4.78 is 34.4. The van der Waals surface area contributed by atoms with Gasteiger partial charge in [0, 0.05) is 17.1 Å². The van der Waals surface area contributed by atoms with Crippen LogP contribution in [0.3, 0.4) is 0 Å². The second kappa shape index (κ2) is 9.92. The SMILES string of the molecule is Cc1ccc(S(=O)(=O)n2cc(C(C#Cc3ccccc3)c3c(O)c4ccccc4oc3=O)c3ccccc32)cc1. The van der Waals surface area contributed by atoms with Gasteiger partial charge in [-0.15, -0.1) is 0 Å². The zero-order valence-corrected chi connectivity index (χ0v) is 22.2. The molecule has 0 radical (unpaired) electrons. The maximum Gasteiger partial charge on any atom is 0.344 e. The van der Waals surface area contributed by atoms with Crippen LogP contribution in [-0.4, -0.2) is 17.5 Å². The first-order valence-corrected chi connectivity index (χ1v) is 14.0. The zero-order chi connectivity index (χ0) is 27.9. The molecule has 0 aliphatic carbocycles. The van der Waals surface area contributed by atoms with Crippen LogP contribution in [0.5, 0.6) is 5.75 Å². The van der Waals surface area contributed by atoms with Crippen molar-refractivity contribution in [3.05, 3.63) is 142 Å². The third kappa shape index (κ3) is 4.35. The van der Waals surface area contributed by atoms with Crippen LogP contribution in [0.1, 0.15) is 28.2 Å². The summed E-state index contributed by atoms with van der Waals surface area (Å²) in [6.07, 6.45) is 1.48. The van der Waals surface area contributed by atoms with E-state index in [4.69, 9.17) is 4.42 Å². The number of aryl methyl sites for hydroxylation is 1. The monoisotopic (exact) mass is 545 g/mol. The van der Waals surface area contributed by atoms with E-state index in [1.54, 1.807) is 72.8 Å².